The molecule has 1 N–H and O–H groups in total. The summed E-state index contributed by atoms with van der Waals surface area (Å²) < 4.78 is 11.9. The third-order valence-electron chi connectivity index (χ3n) is 5.30. The minimum absolute atomic E-state index is 0.0968. The average molecular weight is 538 g/mol. The number of rotatable bonds is 9. The molecule has 10 heteroatoms. The SMILES string of the molecule is CCOC(=O)c1sc(-c2ccccc2)cc1NC(=O)COC(=O)c1c(C)nn(Cc2ccccc2)c1Cl. The highest BCUT2D eigenvalue weighted by atomic mass is 35.5. The van der Waals surface area contributed by atoms with E-state index in [1.165, 1.54) is 16.0 Å². The van der Waals surface area contributed by atoms with E-state index >= 15 is 0 Å². The molecule has 0 atom stereocenters. The summed E-state index contributed by atoms with van der Waals surface area (Å²) in [5.41, 5.74) is 2.63. The molecule has 0 saturated heterocycles. The lowest BCUT2D eigenvalue weighted by Gasteiger charge is -2.07. The number of aryl methyl sites for hydroxylation is 1. The van der Waals surface area contributed by atoms with Crippen molar-refractivity contribution < 1.29 is 23.9 Å². The number of amides is 1. The fourth-order valence-corrected chi connectivity index (χ4v) is 4.94. The van der Waals surface area contributed by atoms with Crippen LogP contribution in [0.2, 0.25) is 5.15 Å². The molecule has 2 aromatic carbocycles. The molecule has 0 radical (unpaired) electrons. The number of carbonyl (C=O) groups is 3. The first kappa shape index (κ1) is 26.1. The molecule has 0 fully saturated rings. The molecular formula is C27H24ClN3O5S. The van der Waals surface area contributed by atoms with E-state index in [1.54, 1.807) is 19.9 Å². The summed E-state index contributed by atoms with van der Waals surface area (Å²) in [6.07, 6.45) is 0. The van der Waals surface area contributed by atoms with Crippen molar-refractivity contribution in [1.82, 2.24) is 9.78 Å². The van der Waals surface area contributed by atoms with Gasteiger partial charge < -0.3 is 14.8 Å². The fraction of sp³-hybridized carbons (Fsp3) is 0.185. The van der Waals surface area contributed by atoms with Crippen molar-refractivity contribution in [3.63, 3.8) is 0 Å². The number of esters is 2. The molecule has 2 aromatic heterocycles. The lowest BCUT2D eigenvalue weighted by molar-refractivity contribution is -0.119. The molecule has 0 unspecified atom stereocenters. The number of hydrogen-bond acceptors (Lipinski definition) is 7. The van der Waals surface area contributed by atoms with E-state index in [4.69, 9.17) is 21.1 Å². The van der Waals surface area contributed by atoms with Crippen molar-refractivity contribution in [1.29, 1.82) is 0 Å². The lowest BCUT2D eigenvalue weighted by Crippen LogP contribution is -2.22. The number of nitrogens with one attached hydrogen (secondary N) is 1. The van der Waals surface area contributed by atoms with E-state index in [0.717, 1.165) is 16.0 Å². The Bertz CT molecular complexity index is 1420. The van der Waals surface area contributed by atoms with Gasteiger partial charge in [-0.25, -0.2) is 14.3 Å². The molecule has 2 heterocycles. The molecule has 8 nitrogen and oxygen atoms in total. The summed E-state index contributed by atoms with van der Waals surface area (Å²) in [6.45, 7) is 3.35. The Kier molecular flexibility index (Phi) is 8.37. The normalized spacial score (nSPS) is 10.7. The predicted octanol–water partition coefficient (Wildman–Crippen LogP) is 5.59. The van der Waals surface area contributed by atoms with Crippen LogP contribution in [0.15, 0.2) is 66.7 Å². The molecule has 1 amide bonds. The summed E-state index contributed by atoms with van der Waals surface area (Å²) in [5.74, 6) is -1.92. The van der Waals surface area contributed by atoms with Gasteiger partial charge in [0.2, 0.25) is 0 Å². The number of hydrogen-bond donors (Lipinski definition) is 1. The molecule has 190 valence electrons. The highest BCUT2D eigenvalue weighted by Crippen LogP contribution is 2.35. The molecule has 0 aliphatic rings. The van der Waals surface area contributed by atoms with Gasteiger partial charge in [0, 0.05) is 4.88 Å². The summed E-state index contributed by atoms with van der Waals surface area (Å²) in [5, 5.41) is 7.11. The highest BCUT2D eigenvalue weighted by molar-refractivity contribution is 7.18. The second kappa shape index (κ2) is 11.9. The monoisotopic (exact) mass is 537 g/mol. The topological polar surface area (TPSA) is 99.5 Å². The zero-order chi connectivity index (χ0) is 26.4. The Hall–Kier alpha value is -3.95. The zero-order valence-electron chi connectivity index (χ0n) is 20.2. The van der Waals surface area contributed by atoms with Crippen molar-refractivity contribution >= 4 is 46.5 Å². The Morgan fingerprint density at radius 2 is 1.68 bits per heavy atom. The standard InChI is InChI=1S/C27H24ClN3O5S/c1-3-35-27(34)24-20(14-21(37-24)19-12-8-5-9-13-19)29-22(32)16-36-26(33)23-17(2)30-31(25(23)28)15-18-10-6-4-7-11-18/h4-14H,3,15-16H2,1-2H3,(H,29,32). The molecule has 0 aliphatic carbocycles. The molecule has 0 bridgehead atoms. The summed E-state index contributed by atoms with van der Waals surface area (Å²) >= 11 is 7.62. The largest absolute Gasteiger partial charge is 0.462 e. The number of benzene rings is 2. The first-order valence-electron chi connectivity index (χ1n) is 11.5. The molecule has 0 aliphatic heterocycles. The van der Waals surface area contributed by atoms with E-state index in [-0.39, 0.29) is 27.9 Å². The van der Waals surface area contributed by atoms with Gasteiger partial charge in [-0.1, -0.05) is 72.3 Å². The van der Waals surface area contributed by atoms with Gasteiger partial charge in [0.1, 0.15) is 15.6 Å². The van der Waals surface area contributed by atoms with Gasteiger partial charge in [-0.3, -0.25) is 4.79 Å². The average Bonchev–Trinajstić information content (AvgIpc) is 3.44. The number of nitrogens with zero attached hydrogens (tertiary/aromatic N) is 2. The van der Waals surface area contributed by atoms with E-state index in [0.29, 0.717) is 12.2 Å². The number of thiophene rings is 1. The van der Waals surface area contributed by atoms with Crippen LogP contribution in [0.1, 0.15) is 38.2 Å². The van der Waals surface area contributed by atoms with Crippen LogP contribution >= 0.6 is 22.9 Å². The van der Waals surface area contributed by atoms with E-state index in [1.807, 2.05) is 60.7 Å². The maximum atomic E-state index is 12.7. The fourth-order valence-electron chi connectivity index (χ4n) is 3.61. The molecule has 4 rings (SSSR count). The molecule has 4 aromatic rings. The van der Waals surface area contributed by atoms with E-state index < -0.39 is 24.5 Å². The van der Waals surface area contributed by atoms with Crippen LogP contribution in [-0.2, 0) is 20.8 Å². The minimum atomic E-state index is -0.766. The van der Waals surface area contributed by atoms with Gasteiger partial charge in [-0.2, -0.15) is 5.10 Å². The third kappa shape index (κ3) is 6.25. The number of anilines is 1. The van der Waals surface area contributed by atoms with Gasteiger partial charge in [-0.15, -0.1) is 11.3 Å². The number of aromatic nitrogens is 2. The molecule has 0 spiro atoms. The summed E-state index contributed by atoms with van der Waals surface area (Å²) in [7, 11) is 0. The van der Waals surface area contributed by atoms with Gasteiger partial charge in [0.15, 0.2) is 6.61 Å². The van der Waals surface area contributed by atoms with Crippen molar-refractivity contribution in [2.45, 2.75) is 20.4 Å². The number of ether oxygens (including phenoxy) is 2. The predicted molar refractivity (Wildman–Crippen MR) is 142 cm³/mol. The first-order valence-corrected chi connectivity index (χ1v) is 12.7. The van der Waals surface area contributed by atoms with Crippen molar-refractivity contribution in [3.8, 4) is 10.4 Å². The van der Waals surface area contributed by atoms with Gasteiger partial charge in [0.05, 0.1) is 24.5 Å². The van der Waals surface area contributed by atoms with Crippen molar-refractivity contribution in [2.75, 3.05) is 18.5 Å². The van der Waals surface area contributed by atoms with E-state index in [2.05, 4.69) is 10.4 Å². The van der Waals surface area contributed by atoms with Crippen molar-refractivity contribution in [2.24, 2.45) is 0 Å². The van der Waals surface area contributed by atoms with Crippen LogP contribution in [0.3, 0.4) is 0 Å². The zero-order valence-corrected chi connectivity index (χ0v) is 21.8. The number of carbonyl (C=O) groups excluding carboxylic acids is 3. The summed E-state index contributed by atoms with van der Waals surface area (Å²) in [6, 6.07) is 20.7. The molecule has 37 heavy (non-hydrogen) atoms. The quantitative estimate of drug-likeness (QED) is 0.279. The van der Waals surface area contributed by atoms with Crippen molar-refractivity contribution in [3.05, 3.63) is 93.6 Å². The first-order chi connectivity index (χ1) is 17.9. The maximum Gasteiger partial charge on any atom is 0.350 e. The summed E-state index contributed by atoms with van der Waals surface area (Å²) in [4.78, 5) is 38.9. The van der Waals surface area contributed by atoms with Crippen LogP contribution in [0, 0.1) is 6.92 Å². The highest BCUT2D eigenvalue weighted by Gasteiger charge is 2.24. The van der Waals surface area contributed by atoms with Crippen LogP contribution < -0.4 is 5.32 Å². The Labute approximate surface area is 222 Å². The third-order valence-corrected chi connectivity index (χ3v) is 6.85. The smallest absolute Gasteiger partial charge is 0.350 e. The van der Waals surface area contributed by atoms with Crippen LogP contribution in [0.5, 0.6) is 0 Å². The van der Waals surface area contributed by atoms with Gasteiger partial charge in [0.25, 0.3) is 5.91 Å². The number of halogens is 1. The Morgan fingerprint density at radius 1 is 1.00 bits per heavy atom. The second-order valence-electron chi connectivity index (χ2n) is 7.96. The van der Waals surface area contributed by atoms with Gasteiger partial charge >= 0.3 is 11.9 Å². The van der Waals surface area contributed by atoms with Crippen LogP contribution in [0.25, 0.3) is 10.4 Å². The maximum absolute atomic E-state index is 12.7. The second-order valence-corrected chi connectivity index (χ2v) is 9.37. The lowest BCUT2D eigenvalue weighted by atomic mass is 10.2. The Balaban J connectivity index is 1.45. The Morgan fingerprint density at radius 3 is 2.35 bits per heavy atom. The van der Waals surface area contributed by atoms with E-state index in [9.17, 15) is 14.4 Å². The molecular weight excluding hydrogens is 514 g/mol. The molecule has 0 saturated carbocycles. The van der Waals surface area contributed by atoms with Gasteiger partial charge in [-0.05, 0) is 31.0 Å². The minimum Gasteiger partial charge on any atom is -0.462 e. The van der Waals surface area contributed by atoms with Crippen LogP contribution in [0.4, 0.5) is 5.69 Å². The van der Waals surface area contributed by atoms with Crippen LogP contribution in [-0.4, -0.2) is 40.8 Å².